The fraction of sp³-hybridized carbons (Fsp3) is 0.571. The lowest BCUT2D eigenvalue weighted by Gasteiger charge is -2.11. The number of ether oxygens (including phenoxy) is 2. The van der Waals surface area contributed by atoms with E-state index in [1.807, 2.05) is 12.1 Å². The van der Waals surface area contributed by atoms with Crippen molar-refractivity contribution < 1.29 is 9.47 Å². The van der Waals surface area contributed by atoms with Crippen LogP contribution in [0.4, 0.5) is 0 Å². The number of rotatable bonds is 7. The van der Waals surface area contributed by atoms with Crippen LogP contribution < -0.4 is 10.1 Å². The van der Waals surface area contributed by atoms with Crippen LogP contribution in [0.25, 0.3) is 0 Å². The molecule has 0 aliphatic carbocycles. The number of hydrogen-bond donors (Lipinski definition) is 1. The molecule has 0 radical (unpaired) electrons. The van der Waals surface area contributed by atoms with Crippen molar-refractivity contribution in [2.75, 3.05) is 20.3 Å². The molecule has 0 fully saturated rings. The Kier molecular flexibility index (Phi) is 6.01. The van der Waals surface area contributed by atoms with Crippen molar-refractivity contribution in [3.8, 4) is 5.75 Å². The maximum Gasteiger partial charge on any atom is 0.124 e. The van der Waals surface area contributed by atoms with Crippen LogP contribution >= 0.6 is 0 Å². The van der Waals surface area contributed by atoms with Crippen LogP contribution in [0.5, 0.6) is 5.75 Å². The third-order valence-corrected chi connectivity index (χ3v) is 2.49. The average molecular weight is 237 g/mol. The van der Waals surface area contributed by atoms with Crippen LogP contribution in [0.2, 0.25) is 0 Å². The number of hydrogen-bond acceptors (Lipinski definition) is 3. The van der Waals surface area contributed by atoms with Crippen molar-refractivity contribution in [3.05, 3.63) is 29.3 Å². The fourth-order valence-electron chi connectivity index (χ4n) is 1.62. The molecule has 0 bridgehead atoms. The van der Waals surface area contributed by atoms with E-state index in [-0.39, 0.29) is 0 Å². The Morgan fingerprint density at radius 2 is 2.06 bits per heavy atom. The van der Waals surface area contributed by atoms with Crippen LogP contribution in [-0.4, -0.2) is 26.3 Å². The third-order valence-electron chi connectivity index (χ3n) is 2.49. The molecule has 0 saturated heterocycles. The molecule has 0 spiro atoms. The first-order valence-corrected chi connectivity index (χ1v) is 6.08. The van der Waals surface area contributed by atoms with E-state index in [4.69, 9.17) is 9.47 Å². The van der Waals surface area contributed by atoms with Crippen LogP contribution in [0, 0.1) is 6.92 Å². The van der Waals surface area contributed by atoms with Gasteiger partial charge in [-0.3, -0.25) is 0 Å². The van der Waals surface area contributed by atoms with Crippen molar-refractivity contribution in [1.82, 2.24) is 5.32 Å². The summed E-state index contributed by atoms with van der Waals surface area (Å²) >= 11 is 0. The van der Waals surface area contributed by atoms with Crippen LogP contribution in [0.1, 0.15) is 25.0 Å². The van der Waals surface area contributed by atoms with E-state index in [0.717, 1.165) is 24.5 Å². The normalized spacial score (nSPS) is 10.9. The van der Waals surface area contributed by atoms with Gasteiger partial charge in [0.1, 0.15) is 5.75 Å². The lowest BCUT2D eigenvalue weighted by molar-refractivity contribution is 0.119. The molecule has 17 heavy (non-hydrogen) atoms. The monoisotopic (exact) mass is 237 g/mol. The summed E-state index contributed by atoms with van der Waals surface area (Å²) in [7, 11) is 1.69. The van der Waals surface area contributed by atoms with Crippen LogP contribution in [0.3, 0.4) is 0 Å². The van der Waals surface area contributed by atoms with Gasteiger partial charge in [-0.15, -0.1) is 0 Å². The topological polar surface area (TPSA) is 30.5 Å². The van der Waals surface area contributed by atoms with E-state index >= 15 is 0 Å². The van der Waals surface area contributed by atoms with Gasteiger partial charge in [-0.2, -0.15) is 0 Å². The molecule has 96 valence electrons. The molecule has 3 nitrogen and oxygen atoms in total. The molecule has 0 atom stereocenters. The van der Waals surface area contributed by atoms with Gasteiger partial charge in [0.25, 0.3) is 0 Å². The van der Waals surface area contributed by atoms with Crippen molar-refractivity contribution in [1.29, 1.82) is 0 Å². The van der Waals surface area contributed by atoms with E-state index in [2.05, 4.69) is 32.2 Å². The summed E-state index contributed by atoms with van der Waals surface area (Å²) in [4.78, 5) is 0. The maximum atomic E-state index is 5.63. The molecule has 0 amide bonds. The van der Waals surface area contributed by atoms with Gasteiger partial charge in [-0.25, -0.2) is 0 Å². The van der Waals surface area contributed by atoms with Gasteiger partial charge in [-0.1, -0.05) is 31.5 Å². The number of aryl methyl sites for hydroxylation is 1. The predicted molar refractivity (Wildman–Crippen MR) is 70.5 cm³/mol. The highest BCUT2D eigenvalue weighted by molar-refractivity contribution is 5.36. The Hall–Kier alpha value is -1.06. The molecule has 1 N–H and O–H groups in total. The lowest BCUT2D eigenvalue weighted by Crippen LogP contribution is -2.26. The molecule has 1 aromatic rings. The zero-order valence-electron chi connectivity index (χ0n) is 11.2. The first kappa shape index (κ1) is 14.0. The van der Waals surface area contributed by atoms with Gasteiger partial charge in [0.05, 0.1) is 20.3 Å². The summed E-state index contributed by atoms with van der Waals surface area (Å²) in [6.07, 6.45) is 0. The van der Waals surface area contributed by atoms with Crippen molar-refractivity contribution in [2.24, 2.45) is 0 Å². The highest BCUT2D eigenvalue weighted by Gasteiger charge is 2.03. The van der Waals surface area contributed by atoms with Gasteiger partial charge < -0.3 is 14.8 Å². The highest BCUT2D eigenvalue weighted by atomic mass is 16.5. The minimum atomic E-state index is 0.507. The molecule has 1 rings (SSSR count). The van der Waals surface area contributed by atoms with Gasteiger partial charge in [-0.05, 0) is 13.0 Å². The smallest absolute Gasteiger partial charge is 0.124 e. The Bertz CT molecular complexity index is 337. The Balaban J connectivity index is 2.37. The van der Waals surface area contributed by atoms with E-state index in [0.29, 0.717) is 12.6 Å². The van der Waals surface area contributed by atoms with Gasteiger partial charge in [0.15, 0.2) is 0 Å². The minimum Gasteiger partial charge on any atom is -0.496 e. The first-order valence-electron chi connectivity index (χ1n) is 6.08. The average Bonchev–Trinajstić information content (AvgIpc) is 2.28. The number of methoxy groups -OCH3 is 1. The molecule has 0 unspecified atom stereocenters. The second-order valence-electron chi connectivity index (χ2n) is 4.48. The highest BCUT2D eigenvalue weighted by Crippen LogP contribution is 2.20. The minimum absolute atomic E-state index is 0.507. The third kappa shape index (κ3) is 5.20. The predicted octanol–water partition coefficient (Wildman–Crippen LogP) is 2.52. The van der Waals surface area contributed by atoms with Gasteiger partial charge >= 0.3 is 0 Å². The largest absolute Gasteiger partial charge is 0.496 e. The summed E-state index contributed by atoms with van der Waals surface area (Å²) in [6, 6.07) is 6.64. The SMILES string of the molecule is COc1ccc(C)cc1COCCNC(C)C. The van der Waals surface area contributed by atoms with Gasteiger partial charge in [0.2, 0.25) is 0 Å². The summed E-state index contributed by atoms with van der Waals surface area (Å²) in [5, 5.41) is 3.32. The summed E-state index contributed by atoms with van der Waals surface area (Å²) < 4.78 is 10.9. The summed E-state index contributed by atoms with van der Waals surface area (Å²) in [5.41, 5.74) is 2.33. The lowest BCUT2D eigenvalue weighted by atomic mass is 10.1. The molecular weight excluding hydrogens is 214 g/mol. The molecule has 0 heterocycles. The maximum absolute atomic E-state index is 5.63. The molecule has 0 aliphatic rings. The van der Waals surface area contributed by atoms with Crippen molar-refractivity contribution in [3.63, 3.8) is 0 Å². The Morgan fingerprint density at radius 3 is 2.71 bits per heavy atom. The quantitative estimate of drug-likeness (QED) is 0.739. The van der Waals surface area contributed by atoms with E-state index in [1.165, 1.54) is 5.56 Å². The molecular formula is C14H23NO2. The molecule has 0 aliphatic heterocycles. The molecule has 1 aromatic carbocycles. The van der Waals surface area contributed by atoms with Gasteiger partial charge in [0, 0.05) is 18.2 Å². The second-order valence-corrected chi connectivity index (χ2v) is 4.48. The number of nitrogens with one attached hydrogen (secondary N) is 1. The summed E-state index contributed by atoms with van der Waals surface area (Å²) in [5.74, 6) is 0.896. The second kappa shape index (κ2) is 7.30. The first-order chi connectivity index (χ1) is 8.13. The molecule has 0 aromatic heterocycles. The zero-order chi connectivity index (χ0) is 12.7. The fourth-order valence-corrected chi connectivity index (χ4v) is 1.62. The Labute approximate surface area is 104 Å². The standard InChI is InChI=1S/C14H23NO2/c1-11(2)15-7-8-17-10-13-9-12(3)5-6-14(13)16-4/h5-6,9,11,15H,7-8,10H2,1-4H3. The Morgan fingerprint density at radius 1 is 1.29 bits per heavy atom. The summed E-state index contributed by atoms with van der Waals surface area (Å²) in [6.45, 7) is 8.53. The van der Waals surface area contributed by atoms with Crippen LogP contribution in [-0.2, 0) is 11.3 Å². The van der Waals surface area contributed by atoms with E-state index in [9.17, 15) is 0 Å². The van der Waals surface area contributed by atoms with Crippen molar-refractivity contribution >= 4 is 0 Å². The van der Waals surface area contributed by atoms with E-state index < -0.39 is 0 Å². The number of benzene rings is 1. The molecule has 3 heteroatoms. The zero-order valence-corrected chi connectivity index (χ0v) is 11.2. The van der Waals surface area contributed by atoms with Crippen LogP contribution in [0.15, 0.2) is 18.2 Å². The van der Waals surface area contributed by atoms with E-state index in [1.54, 1.807) is 7.11 Å². The van der Waals surface area contributed by atoms with Crippen molar-refractivity contribution in [2.45, 2.75) is 33.4 Å². The molecule has 0 saturated carbocycles.